The van der Waals surface area contributed by atoms with Crippen molar-refractivity contribution in [3.05, 3.63) is 83.2 Å². The van der Waals surface area contributed by atoms with E-state index in [9.17, 15) is 13.2 Å². The maximum atomic E-state index is 14.2. The van der Waals surface area contributed by atoms with Crippen LogP contribution in [0.3, 0.4) is 0 Å². The van der Waals surface area contributed by atoms with Crippen LogP contribution in [0, 0.1) is 24.4 Å². The van der Waals surface area contributed by atoms with Crippen molar-refractivity contribution in [1.82, 2.24) is 0 Å². The maximum absolute atomic E-state index is 14.2. The number of hydrogen-bond donors (Lipinski definition) is 0. The number of halogens is 3. The van der Waals surface area contributed by atoms with Crippen molar-refractivity contribution in [3.8, 4) is 5.75 Å². The summed E-state index contributed by atoms with van der Waals surface area (Å²) in [6.07, 6.45) is 4.62. The Morgan fingerprint density at radius 2 is 1.86 bits per heavy atom. The first kappa shape index (κ1) is 21.1. The molecule has 1 heterocycles. The highest BCUT2D eigenvalue weighted by Crippen LogP contribution is 2.27. The van der Waals surface area contributed by atoms with Crippen LogP contribution in [0.15, 0.2) is 49.1 Å². The molecule has 0 unspecified atom stereocenters. The number of benzene rings is 2. The van der Waals surface area contributed by atoms with E-state index in [1.54, 1.807) is 18.2 Å². The first-order valence-electron chi connectivity index (χ1n) is 9.38. The molecule has 0 aliphatic carbocycles. The molecule has 154 valence electrons. The average Bonchev–Trinajstić information content (AvgIpc) is 2.73. The fourth-order valence-corrected chi connectivity index (χ4v) is 2.93. The zero-order valence-electron chi connectivity index (χ0n) is 16.2. The van der Waals surface area contributed by atoms with Crippen molar-refractivity contribution in [1.29, 1.82) is 0 Å². The van der Waals surface area contributed by atoms with Gasteiger partial charge in [-0.25, -0.2) is 13.2 Å². The van der Waals surface area contributed by atoms with E-state index in [2.05, 4.69) is 6.58 Å². The van der Waals surface area contributed by atoms with Crippen LogP contribution in [0.25, 0.3) is 6.08 Å². The van der Waals surface area contributed by atoms with Crippen LogP contribution in [-0.2, 0) is 9.47 Å². The number of hydrogen-bond acceptors (Lipinski definition) is 3. The van der Waals surface area contributed by atoms with E-state index in [1.807, 2.05) is 0 Å². The zero-order chi connectivity index (χ0) is 20.8. The second-order valence-corrected chi connectivity index (χ2v) is 6.81. The van der Waals surface area contributed by atoms with Gasteiger partial charge in [-0.15, -0.1) is 6.58 Å². The predicted octanol–water partition coefficient (Wildman–Crippen LogP) is 5.54. The Labute approximate surface area is 168 Å². The summed E-state index contributed by atoms with van der Waals surface area (Å²) in [7, 11) is 0. The minimum absolute atomic E-state index is 0.122. The molecule has 0 radical (unpaired) electrons. The third-order valence-corrected chi connectivity index (χ3v) is 4.67. The van der Waals surface area contributed by atoms with Gasteiger partial charge in [-0.2, -0.15) is 0 Å². The van der Waals surface area contributed by atoms with Gasteiger partial charge in [0, 0.05) is 11.5 Å². The molecule has 0 N–H and O–H groups in total. The Balaban J connectivity index is 1.57. The molecule has 1 aliphatic heterocycles. The molecule has 2 aromatic rings. The van der Waals surface area contributed by atoms with Crippen LogP contribution >= 0.6 is 0 Å². The minimum atomic E-state index is -0.902. The second kappa shape index (κ2) is 9.76. The summed E-state index contributed by atoms with van der Waals surface area (Å²) in [6.45, 7) is 6.10. The van der Waals surface area contributed by atoms with Gasteiger partial charge < -0.3 is 14.2 Å². The number of aryl methyl sites for hydroxylation is 1. The first-order valence-corrected chi connectivity index (χ1v) is 9.38. The predicted molar refractivity (Wildman–Crippen MR) is 105 cm³/mol. The molecule has 0 spiro atoms. The van der Waals surface area contributed by atoms with Gasteiger partial charge in [-0.3, -0.25) is 0 Å². The summed E-state index contributed by atoms with van der Waals surface area (Å²) in [5.74, 6) is -2.14. The average molecular weight is 404 g/mol. The third kappa shape index (κ3) is 5.28. The van der Waals surface area contributed by atoms with Gasteiger partial charge in [-0.05, 0) is 42.7 Å². The van der Waals surface area contributed by atoms with Crippen molar-refractivity contribution < 1.29 is 27.4 Å². The molecule has 0 amide bonds. The maximum Gasteiger partial charge on any atom is 0.177 e. The van der Waals surface area contributed by atoms with Crippen molar-refractivity contribution in [3.63, 3.8) is 0 Å². The lowest BCUT2D eigenvalue weighted by atomic mass is 10.00. The normalized spacial score (nSPS) is 19.4. The fourth-order valence-electron chi connectivity index (χ4n) is 2.93. The fraction of sp³-hybridized carbons (Fsp3) is 0.304. The van der Waals surface area contributed by atoms with Crippen LogP contribution < -0.4 is 4.74 Å². The summed E-state index contributed by atoms with van der Waals surface area (Å²) in [4.78, 5) is 0. The Morgan fingerprint density at radius 1 is 1.10 bits per heavy atom. The molecule has 0 bridgehead atoms. The lowest BCUT2D eigenvalue weighted by Gasteiger charge is -2.28. The molecule has 29 heavy (non-hydrogen) atoms. The molecule has 3 rings (SSSR count). The SMILES string of the molecule is C=CCCOc1ccc(C2COC(/C=C/c3ccc(C)c(F)c3F)OC2)cc1F. The molecule has 0 saturated carbocycles. The summed E-state index contributed by atoms with van der Waals surface area (Å²) in [5, 5.41) is 0. The number of rotatable bonds is 7. The Kier molecular flexibility index (Phi) is 7.12. The second-order valence-electron chi connectivity index (χ2n) is 6.81. The molecular weight excluding hydrogens is 381 g/mol. The van der Waals surface area contributed by atoms with Crippen molar-refractivity contribution >= 4 is 6.08 Å². The first-order chi connectivity index (χ1) is 14.0. The van der Waals surface area contributed by atoms with Crippen molar-refractivity contribution in [2.45, 2.75) is 25.6 Å². The van der Waals surface area contributed by atoms with E-state index in [1.165, 1.54) is 37.3 Å². The quantitative estimate of drug-likeness (QED) is 0.448. The minimum Gasteiger partial charge on any atom is -0.490 e. The van der Waals surface area contributed by atoms with Gasteiger partial charge in [0.2, 0.25) is 0 Å². The van der Waals surface area contributed by atoms with E-state index >= 15 is 0 Å². The van der Waals surface area contributed by atoms with Gasteiger partial charge >= 0.3 is 0 Å². The summed E-state index contributed by atoms with van der Waals surface area (Å²) in [5.41, 5.74) is 1.11. The van der Waals surface area contributed by atoms with Crippen molar-refractivity contribution in [2.24, 2.45) is 0 Å². The zero-order valence-corrected chi connectivity index (χ0v) is 16.2. The smallest absolute Gasteiger partial charge is 0.177 e. The molecule has 0 aromatic heterocycles. The molecule has 3 nitrogen and oxygen atoms in total. The lowest BCUT2D eigenvalue weighted by Crippen LogP contribution is -2.29. The summed E-state index contributed by atoms with van der Waals surface area (Å²) in [6, 6.07) is 7.80. The Hall–Kier alpha value is -2.57. The highest BCUT2D eigenvalue weighted by atomic mass is 19.2. The highest BCUT2D eigenvalue weighted by Gasteiger charge is 2.23. The van der Waals surface area contributed by atoms with E-state index in [4.69, 9.17) is 14.2 Å². The molecule has 6 heteroatoms. The van der Waals surface area contributed by atoms with Crippen LogP contribution in [-0.4, -0.2) is 26.1 Å². The Bertz CT molecular complexity index is 887. The van der Waals surface area contributed by atoms with Crippen LogP contribution in [0.4, 0.5) is 13.2 Å². The van der Waals surface area contributed by atoms with Crippen LogP contribution in [0.5, 0.6) is 5.75 Å². The largest absolute Gasteiger partial charge is 0.490 e. The van der Waals surface area contributed by atoms with E-state index < -0.39 is 23.7 Å². The monoisotopic (exact) mass is 404 g/mol. The summed E-state index contributed by atoms with van der Waals surface area (Å²) < 4.78 is 58.3. The van der Waals surface area contributed by atoms with E-state index in [0.29, 0.717) is 26.2 Å². The van der Waals surface area contributed by atoms with Gasteiger partial charge in [0.1, 0.15) is 0 Å². The van der Waals surface area contributed by atoms with Gasteiger partial charge in [0.15, 0.2) is 29.5 Å². The lowest BCUT2D eigenvalue weighted by molar-refractivity contribution is -0.159. The third-order valence-electron chi connectivity index (χ3n) is 4.67. The van der Waals surface area contributed by atoms with Crippen LogP contribution in [0.1, 0.15) is 29.0 Å². The van der Waals surface area contributed by atoms with Gasteiger partial charge in [0.05, 0.1) is 19.8 Å². The van der Waals surface area contributed by atoms with E-state index in [-0.39, 0.29) is 22.8 Å². The van der Waals surface area contributed by atoms with Crippen LogP contribution in [0.2, 0.25) is 0 Å². The number of ether oxygens (including phenoxy) is 3. The highest BCUT2D eigenvalue weighted by molar-refractivity contribution is 5.51. The van der Waals surface area contributed by atoms with Crippen molar-refractivity contribution in [2.75, 3.05) is 19.8 Å². The standard InChI is InChI=1S/C23H23F3O3/c1-3-4-11-27-20-9-7-17(12-19(20)24)18-13-28-21(29-14-18)10-8-16-6-5-15(2)22(25)23(16)26/h3,5-10,12,18,21H,1,4,11,13-14H2,2H3/b10-8+. The molecule has 0 atom stereocenters. The molecular formula is C23H23F3O3. The molecule has 1 saturated heterocycles. The molecule has 2 aromatic carbocycles. The van der Waals surface area contributed by atoms with Gasteiger partial charge in [-0.1, -0.05) is 30.4 Å². The molecule has 1 aliphatic rings. The topological polar surface area (TPSA) is 27.7 Å². The van der Waals surface area contributed by atoms with Gasteiger partial charge in [0.25, 0.3) is 0 Å². The summed E-state index contributed by atoms with van der Waals surface area (Å²) >= 11 is 0. The van der Waals surface area contributed by atoms with E-state index in [0.717, 1.165) is 5.56 Å². The Morgan fingerprint density at radius 3 is 2.55 bits per heavy atom. The molecule has 1 fully saturated rings.